The van der Waals surface area contributed by atoms with Crippen molar-refractivity contribution in [2.75, 3.05) is 30.3 Å². The van der Waals surface area contributed by atoms with E-state index in [9.17, 15) is 4.79 Å². The number of amides is 1. The highest BCUT2D eigenvalue weighted by molar-refractivity contribution is 6.28. The van der Waals surface area contributed by atoms with Gasteiger partial charge in [0, 0.05) is 19.6 Å². The molecule has 2 rings (SSSR count). The summed E-state index contributed by atoms with van der Waals surface area (Å²) in [7, 11) is 0. The highest BCUT2D eigenvalue weighted by atomic mass is 35.5. The van der Waals surface area contributed by atoms with Crippen LogP contribution in [0.2, 0.25) is 5.28 Å². The first-order chi connectivity index (χ1) is 10.1. The topological polar surface area (TPSA) is 83.0 Å². The molecule has 1 aromatic heterocycles. The predicted octanol–water partition coefficient (Wildman–Crippen LogP) is 1.77. The number of anilines is 2. The Morgan fingerprint density at radius 3 is 2.62 bits per heavy atom. The van der Waals surface area contributed by atoms with E-state index in [4.69, 9.17) is 11.6 Å². The van der Waals surface area contributed by atoms with Gasteiger partial charge >= 0.3 is 0 Å². The van der Waals surface area contributed by atoms with Crippen LogP contribution in [0, 0.1) is 0 Å². The van der Waals surface area contributed by atoms with Gasteiger partial charge in [-0.3, -0.25) is 4.79 Å². The molecule has 0 aromatic carbocycles. The smallest absolute Gasteiger partial charge is 0.244 e. The minimum atomic E-state index is -0.388. The number of hydrogen-bond acceptors (Lipinski definition) is 6. The molecule has 7 nitrogen and oxygen atoms in total. The van der Waals surface area contributed by atoms with Gasteiger partial charge in [-0.05, 0) is 37.8 Å². The molecule has 0 aliphatic carbocycles. The number of nitrogens with one attached hydrogen (secondary N) is 2. The first-order valence-electron chi connectivity index (χ1n) is 7.31. The summed E-state index contributed by atoms with van der Waals surface area (Å²) in [5.41, 5.74) is 0. The van der Waals surface area contributed by atoms with Crippen LogP contribution in [0.3, 0.4) is 0 Å². The molecule has 1 amide bonds. The fourth-order valence-corrected chi connectivity index (χ4v) is 2.36. The van der Waals surface area contributed by atoms with E-state index in [1.165, 1.54) is 0 Å². The molecule has 2 heterocycles. The number of halogens is 1. The Bertz CT molecular complexity index is 492. The molecule has 0 saturated carbocycles. The first kappa shape index (κ1) is 15.8. The summed E-state index contributed by atoms with van der Waals surface area (Å²) < 4.78 is 0. The standard InChI is InChI=1S/C13H21ClN6O/c1-3-6-15-12-17-11(14)18-13(19-12)16-9(2)10(21)20-7-4-5-8-20/h9H,3-8H2,1-2H3,(H2,15,16,17,18,19). The van der Waals surface area contributed by atoms with Crippen LogP contribution in [0.4, 0.5) is 11.9 Å². The lowest BCUT2D eigenvalue weighted by Gasteiger charge is -2.21. The third-order valence-electron chi connectivity index (χ3n) is 3.28. The molecule has 8 heteroatoms. The molecule has 21 heavy (non-hydrogen) atoms. The molecule has 1 aromatic rings. The zero-order valence-corrected chi connectivity index (χ0v) is 13.2. The van der Waals surface area contributed by atoms with Crippen LogP contribution in [0.15, 0.2) is 0 Å². The number of rotatable bonds is 6. The molecule has 1 aliphatic heterocycles. The summed E-state index contributed by atoms with van der Waals surface area (Å²) in [6, 6.07) is -0.388. The Morgan fingerprint density at radius 1 is 1.29 bits per heavy atom. The Labute approximate surface area is 129 Å². The van der Waals surface area contributed by atoms with Crippen LogP contribution in [-0.2, 0) is 4.79 Å². The van der Waals surface area contributed by atoms with Crippen molar-refractivity contribution in [1.82, 2.24) is 19.9 Å². The summed E-state index contributed by atoms with van der Waals surface area (Å²) >= 11 is 5.88. The highest BCUT2D eigenvalue weighted by Gasteiger charge is 2.23. The van der Waals surface area contributed by atoms with E-state index in [0.717, 1.165) is 38.9 Å². The maximum atomic E-state index is 12.2. The molecule has 0 radical (unpaired) electrons. The monoisotopic (exact) mass is 312 g/mol. The lowest BCUT2D eigenvalue weighted by molar-refractivity contribution is -0.130. The normalized spacial score (nSPS) is 15.9. The Kier molecular flexibility index (Phi) is 5.55. The van der Waals surface area contributed by atoms with E-state index in [1.807, 2.05) is 11.8 Å². The molecule has 1 unspecified atom stereocenters. The Morgan fingerprint density at radius 2 is 1.95 bits per heavy atom. The number of carbonyl (C=O) groups is 1. The average Bonchev–Trinajstić information content (AvgIpc) is 2.97. The second kappa shape index (κ2) is 7.40. The van der Waals surface area contributed by atoms with E-state index >= 15 is 0 Å². The summed E-state index contributed by atoms with van der Waals surface area (Å²) in [6.45, 7) is 6.25. The van der Waals surface area contributed by atoms with Gasteiger partial charge < -0.3 is 15.5 Å². The van der Waals surface area contributed by atoms with Gasteiger partial charge in [-0.25, -0.2) is 0 Å². The zero-order chi connectivity index (χ0) is 15.2. The molecular formula is C13H21ClN6O. The average molecular weight is 313 g/mol. The summed E-state index contributed by atoms with van der Waals surface area (Å²) in [5.74, 6) is 0.793. The van der Waals surface area contributed by atoms with Gasteiger partial charge in [0.1, 0.15) is 6.04 Å². The van der Waals surface area contributed by atoms with Crippen molar-refractivity contribution in [2.24, 2.45) is 0 Å². The van der Waals surface area contributed by atoms with E-state index in [0.29, 0.717) is 11.9 Å². The van der Waals surface area contributed by atoms with Crippen LogP contribution in [0.5, 0.6) is 0 Å². The maximum Gasteiger partial charge on any atom is 0.244 e. The molecule has 1 saturated heterocycles. The van der Waals surface area contributed by atoms with Gasteiger partial charge in [0.05, 0.1) is 0 Å². The minimum Gasteiger partial charge on any atom is -0.354 e. The van der Waals surface area contributed by atoms with E-state index < -0.39 is 0 Å². The fraction of sp³-hybridized carbons (Fsp3) is 0.692. The van der Waals surface area contributed by atoms with Crippen molar-refractivity contribution in [3.63, 3.8) is 0 Å². The number of carbonyl (C=O) groups excluding carboxylic acids is 1. The van der Waals surface area contributed by atoms with Gasteiger partial charge in [0.2, 0.25) is 23.1 Å². The van der Waals surface area contributed by atoms with Crippen molar-refractivity contribution in [3.05, 3.63) is 5.28 Å². The second-order valence-electron chi connectivity index (χ2n) is 5.08. The van der Waals surface area contributed by atoms with E-state index in [-0.39, 0.29) is 17.2 Å². The number of hydrogen-bond donors (Lipinski definition) is 2. The Hall–Kier alpha value is -1.63. The first-order valence-corrected chi connectivity index (χ1v) is 7.68. The van der Waals surface area contributed by atoms with Crippen molar-refractivity contribution in [3.8, 4) is 0 Å². The van der Waals surface area contributed by atoms with Gasteiger partial charge in [-0.2, -0.15) is 15.0 Å². The minimum absolute atomic E-state index is 0.0621. The molecule has 1 fully saturated rings. The third kappa shape index (κ3) is 4.42. The predicted molar refractivity (Wildman–Crippen MR) is 82.5 cm³/mol. The lowest BCUT2D eigenvalue weighted by atomic mass is 10.3. The van der Waals surface area contributed by atoms with Crippen LogP contribution in [0.25, 0.3) is 0 Å². The van der Waals surface area contributed by atoms with Crippen molar-refractivity contribution in [1.29, 1.82) is 0 Å². The molecule has 0 bridgehead atoms. The van der Waals surface area contributed by atoms with Crippen LogP contribution in [0.1, 0.15) is 33.1 Å². The summed E-state index contributed by atoms with van der Waals surface area (Å²) in [5, 5.41) is 6.15. The highest BCUT2D eigenvalue weighted by Crippen LogP contribution is 2.13. The van der Waals surface area contributed by atoms with Crippen molar-refractivity contribution >= 4 is 29.4 Å². The molecular weight excluding hydrogens is 292 g/mol. The van der Waals surface area contributed by atoms with Crippen LogP contribution < -0.4 is 10.6 Å². The van der Waals surface area contributed by atoms with E-state index in [2.05, 4.69) is 25.6 Å². The largest absolute Gasteiger partial charge is 0.354 e. The second-order valence-corrected chi connectivity index (χ2v) is 5.41. The number of likely N-dealkylation sites (tertiary alicyclic amines) is 1. The fourth-order valence-electron chi connectivity index (χ4n) is 2.20. The maximum absolute atomic E-state index is 12.2. The van der Waals surface area contributed by atoms with Crippen molar-refractivity contribution < 1.29 is 4.79 Å². The molecule has 0 spiro atoms. The molecule has 1 aliphatic rings. The summed E-state index contributed by atoms with van der Waals surface area (Å²) in [4.78, 5) is 26.3. The van der Waals surface area contributed by atoms with Crippen LogP contribution in [-0.4, -0.2) is 51.4 Å². The number of nitrogens with zero attached hydrogens (tertiary/aromatic N) is 4. The lowest BCUT2D eigenvalue weighted by Crippen LogP contribution is -2.40. The van der Waals surface area contributed by atoms with Crippen molar-refractivity contribution in [2.45, 2.75) is 39.2 Å². The SMILES string of the molecule is CCCNc1nc(Cl)nc(NC(C)C(=O)N2CCCC2)n1. The van der Waals surface area contributed by atoms with Gasteiger partial charge in [-0.1, -0.05) is 6.92 Å². The molecule has 116 valence electrons. The Balaban J connectivity index is 2.00. The zero-order valence-electron chi connectivity index (χ0n) is 12.4. The van der Waals surface area contributed by atoms with Gasteiger partial charge in [0.25, 0.3) is 0 Å². The third-order valence-corrected chi connectivity index (χ3v) is 3.44. The van der Waals surface area contributed by atoms with E-state index in [1.54, 1.807) is 6.92 Å². The summed E-state index contributed by atoms with van der Waals surface area (Å²) in [6.07, 6.45) is 3.10. The van der Waals surface area contributed by atoms with Crippen LogP contribution >= 0.6 is 11.6 Å². The van der Waals surface area contributed by atoms with Gasteiger partial charge in [-0.15, -0.1) is 0 Å². The quantitative estimate of drug-likeness (QED) is 0.833. The molecule has 1 atom stereocenters. The molecule has 2 N–H and O–H groups in total. The van der Waals surface area contributed by atoms with Gasteiger partial charge in [0.15, 0.2) is 0 Å². The number of aromatic nitrogens is 3.